The van der Waals surface area contributed by atoms with Crippen molar-refractivity contribution in [1.29, 1.82) is 0 Å². The summed E-state index contributed by atoms with van der Waals surface area (Å²) >= 11 is 0. The standard InChI is InChI=1S/C15H24N2O/c1-12-6-5-7-13(10-12)8-9-14(18)17(4)15(2,3)11-16/h5-7,10H,8-9,11,16H2,1-4H3. The van der Waals surface area contributed by atoms with Crippen molar-refractivity contribution in [2.24, 2.45) is 5.73 Å². The lowest BCUT2D eigenvalue weighted by molar-refractivity contribution is -0.134. The average Bonchev–Trinajstić information content (AvgIpc) is 2.35. The number of hydrogen-bond donors (Lipinski definition) is 1. The predicted octanol–water partition coefficient (Wildman–Crippen LogP) is 2.12. The second kappa shape index (κ2) is 6.01. The van der Waals surface area contributed by atoms with Crippen LogP contribution in [-0.2, 0) is 11.2 Å². The van der Waals surface area contributed by atoms with Gasteiger partial charge in [0.2, 0.25) is 5.91 Å². The van der Waals surface area contributed by atoms with E-state index in [4.69, 9.17) is 5.73 Å². The van der Waals surface area contributed by atoms with Crippen molar-refractivity contribution in [2.75, 3.05) is 13.6 Å². The number of aryl methyl sites for hydroxylation is 2. The zero-order valence-corrected chi connectivity index (χ0v) is 11.9. The lowest BCUT2D eigenvalue weighted by Gasteiger charge is -2.34. The number of carbonyl (C=O) groups excluding carboxylic acids is 1. The highest BCUT2D eigenvalue weighted by atomic mass is 16.2. The molecule has 0 aliphatic heterocycles. The van der Waals surface area contributed by atoms with E-state index in [0.29, 0.717) is 13.0 Å². The number of nitrogens with two attached hydrogens (primary N) is 1. The Balaban J connectivity index is 2.56. The summed E-state index contributed by atoms with van der Waals surface area (Å²) in [4.78, 5) is 13.8. The van der Waals surface area contributed by atoms with Gasteiger partial charge in [0.15, 0.2) is 0 Å². The Morgan fingerprint density at radius 2 is 2.06 bits per heavy atom. The fourth-order valence-corrected chi connectivity index (χ4v) is 1.76. The van der Waals surface area contributed by atoms with E-state index in [1.54, 1.807) is 4.90 Å². The maximum Gasteiger partial charge on any atom is 0.223 e. The third-order valence-corrected chi connectivity index (χ3v) is 3.49. The lowest BCUT2D eigenvalue weighted by atomic mass is 10.0. The molecule has 0 aliphatic rings. The van der Waals surface area contributed by atoms with E-state index in [2.05, 4.69) is 25.1 Å². The molecular weight excluding hydrogens is 224 g/mol. The van der Waals surface area contributed by atoms with Gasteiger partial charge in [-0.05, 0) is 32.8 Å². The Morgan fingerprint density at radius 1 is 1.39 bits per heavy atom. The van der Waals surface area contributed by atoms with Crippen LogP contribution in [0.1, 0.15) is 31.4 Å². The molecule has 0 saturated heterocycles. The molecule has 0 saturated carbocycles. The highest BCUT2D eigenvalue weighted by molar-refractivity contribution is 5.77. The topological polar surface area (TPSA) is 46.3 Å². The van der Waals surface area contributed by atoms with Gasteiger partial charge in [-0.25, -0.2) is 0 Å². The van der Waals surface area contributed by atoms with Crippen LogP contribution in [0.2, 0.25) is 0 Å². The fourth-order valence-electron chi connectivity index (χ4n) is 1.76. The number of rotatable bonds is 5. The Bertz CT molecular complexity index is 413. The van der Waals surface area contributed by atoms with Crippen LogP contribution in [0.15, 0.2) is 24.3 Å². The second-order valence-corrected chi connectivity index (χ2v) is 5.46. The third-order valence-electron chi connectivity index (χ3n) is 3.49. The molecule has 100 valence electrons. The predicted molar refractivity (Wildman–Crippen MR) is 75.4 cm³/mol. The molecule has 0 bridgehead atoms. The van der Waals surface area contributed by atoms with Crippen LogP contribution in [0, 0.1) is 6.92 Å². The quantitative estimate of drug-likeness (QED) is 0.867. The minimum atomic E-state index is -0.274. The van der Waals surface area contributed by atoms with Crippen molar-refractivity contribution in [3.63, 3.8) is 0 Å². The molecule has 18 heavy (non-hydrogen) atoms. The van der Waals surface area contributed by atoms with E-state index in [-0.39, 0.29) is 11.4 Å². The molecule has 1 aromatic rings. The van der Waals surface area contributed by atoms with Crippen LogP contribution in [0.3, 0.4) is 0 Å². The summed E-state index contributed by atoms with van der Waals surface area (Å²) in [6, 6.07) is 8.29. The molecular formula is C15H24N2O. The maximum absolute atomic E-state index is 12.1. The average molecular weight is 248 g/mol. The van der Waals surface area contributed by atoms with Gasteiger partial charge in [-0.3, -0.25) is 4.79 Å². The number of carbonyl (C=O) groups is 1. The zero-order chi connectivity index (χ0) is 13.8. The molecule has 0 heterocycles. The number of nitrogens with zero attached hydrogens (tertiary/aromatic N) is 1. The van der Waals surface area contributed by atoms with E-state index in [9.17, 15) is 4.79 Å². The van der Waals surface area contributed by atoms with Crippen molar-refractivity contribution in [2.45, 2.75) is 39.2 Å². The second-order valence-electron chi connectivity index (χ2n) is 5.46. The summed E-state index contributed by atoms with van der Waals surface area (Å²) in [5.74, 6) is 0.145. The first-order valence-corrected chi connectivity index (χ1v) is 6.39. The normalized spacial score (nSPS) is 11.4. The minimum absolute atomic E-state index is 0.145. The molecule has 1 rings (SSSR count). The highest BCUT2D eigenvalue weighted by Gasteiger charge is 2.25. The molecule has 0 radical (unpaired) electrons. The largest absolute Gasteiger partial charge is 0.339 e. The van der Waals surface area contributed by atoms with Crippen molar-refractivity contribution < 1.29 is 4.79 Å². The number of hydrogen-bond acceptors (Lipinski definition) is 2. The van der Waals surface area contributed by atoms with Gasteiger partial charge < -0.3 is 10.6 Å². The van der Waals surface area contributed by atoms with Gasteiger partial charge in [0.05, 0.1) is 0 Å². The van der Waals surface area contributed by atoms with E-state index in [1.807, 2.05) is 27.0 Å². The van der Waals surface area contributed by atoms with Crippen molar-refractivity contribution in [3.05, 3.63) is 35.4 Å². The molecule has 0 spiro atoms. The van der Waals surface area contributed by atoms with E-state index < -0.39 is 0 Å². The van der Waals surface area contributed by atoms with E-state index in [0.717, 1.165) is 6.42 Å². The smallest absolute Gasteiger partial charge is 0.223 e. The Hall–Kier alpha value is -1.35. The highest BCUT2D eigenvalue weighted by Crippen LogP contribution is 2.13. The molecule has 0 atom stereocenters. The molecule has 0 unspecified atom stereocenters. The Kier molecular flexibility index (Phi) is 4.91. The van der Waals surface area contributed by atoms with Gasteiger partial charge >= 0.3 is 0 Å². The van der Waals surface area contributed by atoms with E-state index >= 15 is 0 Å². The van der Waals surface area contributed by atoms with Gasteiger partial charge in [-0.1, -0.05) is 29.8 Å². The Labute approximate surface area is 110 Å². The van der Waals surface area contributed by atoms with Gasteiger partial charge in [0.1, 0.15) is 0 Å². The first-order valence-electron chi connectivity index (χ1n) is 6.39. The molecule has 0 aromatic heterocycles. The minimum Gasteiger partial charge on any atom is -0.339 e. The van der Waals surface area contributed by atoms with Gasteiger partial charge in [-0.2, -0.15) is 0 Å². The molecule has 3 heteroatoms. The summed E-state index contributed by atoms with van der Waals surface area (Å²) in [6.07, 6.45) is 1.31. The summed E-state index contributed by atoms with van der Waals surface area (Å²) < 4.78 is 0. The van der Waals surface area contributed by atoms with E-state index in [1.165, 1.54) is 11.1 Å². The van der Waals surface area contributed by atoms with Crippen LogP contribution in [0.25, 0.3) is 0 Å². The molecule has 1 amide bonds. The molecule has 0 fully saturated rings. The maximum atomic E-state index is 12.1. The summed E-state index contributed by atoms with van der Waals surface area (Å²) in [7, 11) is 1.82. The van der Waals surface area contributed by atoms with Crippen LogP contribution in [0.5, 0.6) is 0 Å². The third kappa shape index (κ3) is 3.84. The summed E-state index contributed by atoms with van der Waals surface area (Å²) in [5, 5.41) is 0. The first kappa shape index (κ1) is 14.7. The number of likely N-dealkylation sites (N-methyl/N-ethyl adjacent to an activating group) is 1. The number of benzene rings is 1. The molecule has 1 aromatic carbocycles. The van der Waals surface area contributed by atoms with Crippen LogP contribution >= 0.6 is 0 Å². The Morgan fingerprint density at radius 3 is 2.61 bits per heavy atom. The summed E-state index contributed by atoms with van der Waals surface area (Å²) in [5.41, 5.74) is 7.85. The SMILES string of the molecule is Cc1cccc(CCC(=O)N(C)C(C)(C)CN)c1. The summed E-state index contributed by atoms with van der Waals surface area (Å²) in [6.45, 7) is 6.50. The zero-order valence-electron chi connectivity index (χ0n) is 11.9. The first-order chi connectivity index (χ1) is 8.36. The van der Waals surface area contributed by atoms with Gasteiger partial charge in [-0.15, -0.1) is 0 Å². The lowest BCUT2D eigenvalue weighted by Crippen LogP contribution is -2.50. The fraction of sp³-hybridized carbons (Fsp3) is 0.533. The molecule has 2 N–H and O–H groups in total. The van der Waals surface area contributed by atoms with Crippen molar-refractivity contribution >= 4 is 5.91 Å². The van der Waals surface area contributed by atoms with Gasteiger partial charge in [0.25, 0.3) is 0 Å². The van der Waals surface area contributed by atoms with Crippen LogP contribution < -0.4 is 5.73 Å². The molecule has 0 aliphatic carbocycles. The number of amides is 1. The van der Waals surface area contributed by atoms with Crippen molar-refractivity contribution in [1.82, 2.24) is 4.90 Å². The monoisotopic (exact) mass is 248 g/mol. The van der Waals surface area contributed by atoms with Crippen LogP contribution in [0.4, 0.5) is 0 Å². The van der Waals surface area contributed by atoms with Crippen LogP contribution in [-0.4, -0.2) is 29.9 Å². The molecule has 3 nitrogen and oxygen atoms in total. The van der Waals surface area contributed by atoms with Gasteiger partial charge in [0, 0.05) is 25.6 Å². The van der Waals surface area contributed by atoms with Crippen molar-refractivity contribution in [3.8, 4) is 0 Å².